The Bertz CT molecular complexity index is 949. The maximum atomic E-state index is 12.6. The van der Waals surface area contributed by atoms with E-state index in [0.717, 1.165) is 23.3 Å². The number of aryl methyl sites for hydroxylation is 3. The number of rotatable bonds is 3. The Morgan fingerprint density at radius 1 is 1.25 bits per heavy atom. The molecule has 3 rings (SSSR count). The van der Waals surface area contributed by atoms with Gasteiger partial charge < -0.3 is 5.32 Å². The van der Waals surface area contributed by atoms with Gasteiger partial charge in [-0.1, -0.05) is 29.3 Å². The molecule has 0 fully saturated rings. The van der Waals surface area contributed by atoms with Crippen LogP contribution in [0.4, 0.5) is 5.69 Å². The monoisotopic (exact) mass is 362 g/mol. The van der Waals surface area contributed by atoms with Gasteiger partial charge in [-0.05, 0) is 39.0 Å². The lowest BCUT2D eigenvalue weighted by Gasteiger charge is -2.10. The van der Waals surface area contributed by atoms with Gasteiger partial charge in [-0.3, -0.25) is 4.79 Å². The number of carbonyl (C=O) groups is 1. The van der Waals surface area contributed by atoms with E-state index in [1.54, 1.807) is 25.1 Å². The van der Waals surface area contributed by atoms with E-state index in [4.69, 9.17) is 23.2 Å². The number of hydrogen-bond donors (Lipinski definition) is 1. The number of anilines is 1. The van der Waals surface area contributed by atoms with Crippen LogP contribution in [0.15, 0.2) is 24.3 Å². The first-order valence-corrected chi connectivity index (χ1v) is 8.28. The number of amides is 1. The topological polar surface area (TPSA) is 59.8 Å². The molecule has 7 heteroatoms. The summed E-state index contributed by atoms with van der Waals surface area (Å²) in [5.74, 6) is -0.283. The fourth-order valence-electron chi connectivity index (χ4n) is 2.58. The van der Waals surface area contributed by atoms with Crippen molar-refractivity contribution in [3.8, 4) is 0 Å². The second kappa shape index (κ2) is 6.42. The Kier molecular flexibility index (Phi) is 4.47. The third kappa shape index (κ3) is 2.85. The molecule has 5 nitrogen and oxygen atoms in total. The van der Waals surface area contributed by atoms with Crippen LogP contribution in [-0.2, 0) is 6.54 Å². The largest absolute Gasteiger partial charge is 0.321 e. The zero-order valence-electron chi connectivity index (χ0n) is 13.5. The molecule has 2 heterocycles. The minimum absolute atomic E-state index is 0.283. The van der Waals surface area contributed by atoms with Crippen LogP contribution in [-0.4, -0.2) is 20.7 Å². The van der Waals surface area contributed by atoms with Crippen LogP contribution in [0, 0.1) is 13.8 Å². The summed E-state index contributed by atoms with van der Waals surface area (Å²) in [5.41, 5.74) is 3.21. The third-order valence-corrected chi connectivity index (χ3v) is 4.66. The smallest absolute Gasteiger partial charge is 0.257 e. The molecule has 0 saturated carbocycles. The van der Waals surface area contributed by atoms with E-state index in [0.29, 0.717) is 27.0 Å². The van der Waals surface area contributed by atoms with Crippen molar-refractivity contribution < 1.29 is 4.79 Å². The molecule has 0 aliphatic rings. The molecule has 24 heavy (non-hydrogen) atoms. The molecule has 1 amide bonds. The molecule has 0 bridgehead atoms. The Labute approximate surface area is 149 Å². The van der Waals surface area contributed by atoms with Gasteiger partial charge in [0, 0.05) is 11.9 Å². The highest BCUT2D eigenvalue weighted by Gasteiger charge is 2.17. The van der Waals surface area contributed by atoms with Crippen LogP contribution in [0.1, 0.15) is 28.7 Å². The van der Waals surface area contributed by atoms with Gasteiger partial charge in [0.15, 0.2) is 5.65 Å². The van der Waals surface area contributed by atoms with Gasteiger partial charge in [-0.25, -0.2) is 9.67 Å². The van der Waals surface area contributed by atoms with Crippen molar-refractivity contribution in [2.24, 2.45) is 0 Å². The van der Waals surface area contributed by atoms with Crippen molar-refractivity contribution in [2.75, 3.05) is 5.32 Å². The molecule has 3 aromatic rings. The molecule has 2 aromatic heterocycles. The minimum Gasteiger partial charge on any atom is -0.321 e. The molecular weight excluding hydrogens is 347 g/mol. The van der Waals surface area contributed by atoms with E-state index in [1.807, 2.05) is 24.6 Å². The van der Waals surface area contributed by atoms with E-state index in [9.17, 15) is 4.79 Å². The number of carbonyl (C=O) groups excluding carboxylic acids is 1. The van der Waals surface area contributed by atoms with Crippen molar-refractivity contribution >= 4 is 45.8 Å². The van der Waals surface area contributed by atoms with Crippen molar-refractivity contribution in [1.29, 1.82) is 0 Å². The Morgan fingerprint density at radius 2 is 2.00 bits per heavy atom. The average molecular weight is 363 g/mol. The Hall–Kier alpha value is -2.11. The molecule has 124 valence electrons. The highest BCUT2D eigenvalue weighted by Crippen LogP contribution is 2.30. The summed E-state index contributed by atoms with van der Waals surface area (Å²) in [5, 5.41) is 8.80. The van der Waals surface area contributed by atoms with Gasteiger partial charge in [0.2, 0.25) is 0 Å². The summed E-state index contributed by atoms with van der Waals surface area (Å²) in [6, 6.07) is 6.92. The van der Waals surface area contributed by atoms with Gasteiger partial charge in [0.05, 0.1) is 32.7 Å². The lowest BCUT2D eigenvalue weighted by Crippen LogP contribution is -2.14. The number of pyridine rings is 1. The predicted octanol–water partition coefficient (Wildman–Crippen LogP) is 4.63. The first-order valence-electron chi connectivity index (χ1n) is 7.52. The van der Waals surface area contributed by atoms with Crippen molar-refractivity contribution in [3.63, 3.8) is 0 Å². The van der Waals surface area contributed by atoms with Crippen LogP contribution in [0.2, 0.25) is 10.0 Å². The maximum absolute atomic E-state index is 12.6. The molecular formula is C17H16Cl2N4O. The third-order valence-electron chi connectivity index (χ3n) is 3.84. The maximum Gasteiger partial charge on any atom is 0.257 e. The average Bonchev–Trinajstić information content (AvgIpc) is 2.86. The van der Waals surface area contributed by atoms with Gasteiger partial charge in [0.25, 0.3) is 5.91 Å². The van der Waals surface area contributed by atoms with E-state index in [1.165, 1.54) is 0 Å². The quantitative estimate of drug-likeness (QED) is 0.738. The van der Waals surface area contributed by atoms with Crippen LogP contribution in [0.3, 0.4) is 0 Å². The van der Waals surface area contributed by atoms with E-state index in [2.05, 4.69) is 15.4 Å². The number of hydrogen-bond acceptors (Lipinski definition) is 3. The van der Waals surface area contributed by atoms with E-state index < -0.39 is 0 Å². The fraction of sp³-hybridized carbons (Fsp3) is 0.235. The van der Waals surface area contributed by atoms with Crippen molar-refractivity contribution in [1.82, 2.24) is 14.8 Å². The summed E-state index contributed by atoms with van der Waals surface area (Å²) < 4.78 is 1.83. The van der Waals surface area contributed by atoms with Crippen molar-refractivity contribution in [3.05, 3.63) is 51.3 Å². The number of halogens is 2. The zero-order chi connectivity index (χ0) is 17.4. The van der Waals surface area contributed by atoms with Crippen LogP contribution in [0.25, 0.3) is 11.0 Å². The van der Waals surface area contributed by atoms with E-state index >= 15 is 0 Å². The van der Waals surface area contributed by atoms with Crippen LogP contribution >= 0.6 is 23.2 Å². The number of benzene rings is 1. The Balaban J connectivity index is 2.02. The first kappa shape index (κ1) is 16.7. The zero-order valence-corrected chi connectivity index (χ0v) is 15.0. The molecule has 1 aromatic carbocycles. The van der Waals surface area contributed by atoms with Crippen molar-refractivity contribution in [2.45, 2.75) is 27.3 Å². The first-order chi connectivity index (χ1) is 11.4. The minimum atomic E-state index is -0.283. The van der Waals surface area contributed by atoms with Gasteiger partial charge in [-0.2, -0.15) is 5.10 Å². The molecule has 0 atom stereocenters. The highest BCUT2D eigenvalue weighted by atomic mass is 35.5. The number of nitrogens with zero attached hydrogens (tertiary/aromatic N) is 3. The predicted molar refractivity (Wildman–Crippen MR) is 97.1 cm³/mol. The van der Waals surface area contributed by atoms with Crippen LogP contribution in [0.5, 0.6) is 0 Å². The summed E-state index contributed by atoms with van der Waals surface area (Å²) in [4.78, 5) is 17.2. The summed E-state index contributed by atoms with van der Waals surface area (Å²) in [7, 11) is 0. The molecule has 0 unspecified atom stereocenters. The number of fused-ring (bicyclic) bond motifs is 1. The van der Waals surface area contributed by atoms with Gasteiger partial charge in [0.1, 0.15) is 0 Å². The number of aromatic nitrogens is 3. The second-order valence-corrected chi connectivity index (χ2v) is 6.23. The fourth-order valence-corrected chi connectivity index (χ4v) is 2.93. The molecule has 0 saturated heterocycles. The molecule has 0 radical (unpaired) electrons. The summed E-state index contributed by atoms with van der Waals surface area (Å²) >= 11 is 12.1. The van der Waals surface area contributed by atoms with Gasteiger partial charge in [-0.15, -0.1) is 0 Å². The van der Waals surface area contributed by atoms with Crippen LogP contribution < -0.4 is 5.32 Å². The second-order valence-electron chi connectivity index (χ2n) is 5.45. The molecule has 0 spiro atoms. The van der Waals surface area contributed by atoms with Gasteiger partial charge >= 0.3 is 0 Å². The molecule has 0 aliphatic heterocycles. The summed E-state index contributed by atoms with van der Waals surface area (Å²) in [6.45, 7) is 6.43. The lowest BCUT2D eigenvalue weighted by molar-refractivity contribution is 0.102. The standard InChI is InChI=1S/C17H16Cl2N4O/c1-4-23-16-11(10(3)22-23)8-12(9(2)20-16)17(24)21-14-7-5-6-13(18)15(14)19/h5-8H,4H2,1-3H3,(H,21,24). The normalized spacial score (nSPS) is 11.0. The summed E-state index contributed by atoms with van der Waals surface area (Å²) in [6.07, 6.45) is 0. The highest BCUT2D eigenvalue weighted by molar-refractivity contribution is 6.44. The number of nitrogens with one attached hydrogen (secondary N) is 1. The van der Waals surface area contributed by atoms with E-state index in [-0.39, 0.29) is 5.91 Å². The molecule has 1 N–H and O–H groups in total. The Morgan fingerprint density at radius 3 is 2.71 bits per heavy atom. The lowest BCUT2D eigenvalue weighted by atomic mass is 10.1. The SMILES string of the molecule is CCn1nc(C)c2cc(C(=O)Nc3cccc(Cl)c3Cl)c(C)nc21. The molecule has 0 aliphatic carbocycles.